The number of halogens is 1. The summed E-state index contributed by atoms with van der Waals surface area (Å²) in [5.41, 5.74) is 5.97. The van der Waals surface area contributed by atoms with Gasteiger partial charge < -0.3 is 5.73 Å². The quantitative estimate of drug-likeness (QED) is 0.835. The highest BCUT2D eigenvalue weighted by atomic mass is 32.2. The van der Waals surface area contributed by atoms with Crippen LogP contribution in [0.4, 0.5) is 10.1 Å². The summed E-state index contributed by atoms with van der Waals surface area (Å²) in [5, 5.41) is -0.360. The van der Waals surface area contributed by atoms with E-state index in [4.69, 9.17) is 5.73 Å². The summed E-state index contributed by atoms with van der Waals surface area (Å²) in [4.78, 5) is 0. The Hall–Kier alpha value is -1.14. The van der Waals surface area contributed by atoms with Crippen LogP contribution in [0.2, 0.25) is 0 Å². The van der Waals surface area contributed by atoms with Gasteiger partial charge >= 0.3 is 0 Å². The average molecular weight is 244 g/mol. The third kappa shape index (κ3) is 2.33. The van der Waals surface area contributed by atoms with Crippen LogP contribution in [0.15, 0.2) is 18.2 Å². The van der Waals surface area contributed by atoms with Gasteiger partial charge in [-0.25, -0.2) is 12.8 Å². The van der Waals surface area contributed by atoms with Crippen molar-refractivity contribution in [1.29, 1.82) is 0 Å². The Labute approximate surface area is 93.7 Å². The monoisotopic (exact) mass is 244 g/mol. The van der Waals surface area contributed by atoms with E-state index in [0.29, 0.717) is 18.4 Å². The SMILES string of the molecule is NCc1ccc(NS(=O)(=O)C2CC2)c(F)c1. The van der Waals surface area contributed by atoms with E-state index >= 15 is 0 Å². The number of sulfonamides is 1. The van der Waals surface area contributed by atoms with Crippen molar-refractivity contribution in [2.45, 2.75) is 24.6 Å². The Morgan fingerprint density at radius 3 is 2.62 bits per heavy atom. The van der Waals surface area contributed by atoms with Gasteiger partial charge in [-0.1, -0.05) is 6.07 Å². The van der Waals surface area contributed by atoms with Crippen LogP contribution in [0.1, 0.15) is 18.4 Å². The molecule has 3 N–H and O–H groups in total. The van der Waals surface area contributed by atoms with Gasteiger partial charge in [0.1, 0.15) is 5.82 Å². The average Bonchev–Trinajstić information content (AvgIpc) is 3.04. The van der Waals surface area contributed by atoms with Gasteiger partial charge in [0.2, 0.25) is 10.0 Å². The predicted octanol–water partition coefficient (Wildman–Crippen LogP) is 1.19. The van der Waals surface area contributed by atoms with E-state index in [1.54, 1.807) is 6.07 Å². The summed E-state index contributed by atoms with van der Waals surface area (Å²) in [6, 6.07) is 4.25. The predicted molar refractivity (Wildman–Crippen MR) is 59.9 cm³/mol. The number of benzene rings is 1. The lowest BCUT2D eigenvalue weighted by Gasteiger charge is -2.08. The van der Waals surface area contributed by atoms with Crippen molar-refractivity contribution in [1.82, 2.24) is 0 Å². The maximum absolute atomic E-state index is 13.5. The van der Waals surface area contributed by atoms with Crippen LogP contribution in [0.25, 0.3) is 0 Å². The molecule has 1 aliphatic carbocycles. The highest BCUT2D eigenvalue weighted by Crippen LogP contribution is 2.30. The topological polar surface area (TPSA) is 72.2 Å². The van der Waals surface area contributed by atoms with Gasteiger partial charge in [0.25, 0.3) is 0 Å². The van der Waals surface area contributed by atoms with Crippen LogP contribution in [-0.2, 0) is 16.6 Å². The molecule has 16 heavy (non-hydrogen) atoms. The van der Waals surface area contributed by atoms with Gasteiger partial charge in [0.15, 0.2) is 0 Å². The number of hydrogen-bond donors (Lipinski definition) is 2. The Bertz CT molecular complexity index is 498. The molecule has 1 aromatic rings. The zero-order valence-electron chi connectivity index (χ0n) is 8.61. The highest BCUT2D eigenvalue weighted by molar-refractivity contribution is 7.93. The van der Waals surface area contributed by atoms with Crippen LogP contribution in [0.5, 0.6) is 0 Å². The van der Waals surface area contributed by atoms with Crippen LogP contribution in [-0.4, -0.2) is 13.7 Å². The van der Waals surface area contributed by atoms with Crippen molar-refractivity contribution in [2.24, 2.45) is 5.73 Å². The molecule has 0 amide bonds. The number of anilines is 1. The molecule has 4 nitrogen and oxygen atoms in total. The van der Waals surface area contributed by atoms with Crippen molar-refractivity contribution in [2.75, 3.05) is 4.72 Å². The maximum Gasteiger partial charge on any atom is 0.235 e. The molecular weight excluding hydrogens is 231 g/mol. The number of nitrogens with one attached hydrogen (secondary N) is 1. The van der Waals surface area contributed by atoms with E-state index in [9.17, 15) is 12.8 Å². The summed E-state index contributed by atoms with van der Waals surface area (Å²) in [6.45, 7) is 0.229. The minimum Gasteiger partial charge on any atom is -0.326 e. The zero-order valence-corrected chi connectivity index (χ0v) is 9.43. The molecule has 0 bridgehead atoms. The largest absolute Gasteiger partial charge is 0.326 e. The fourth-order valence-corrected chi connectivity index (χ4v) is 2.78. The summed E-state index contributed by atoms with van der Waals surface area (Å²) < 4.78 is 38.9. The zero-order chi connectivity index (χ0) is 11.8. The van der Waals surface area contributed by atoms with E-state index in [-0.39, 0.29) is 17.5 Å². The van der Waals surface area contributed by atoms with Gasteiger partial charge in [-0.3, -0.25) is 4.72 Å². The summed E-state index contributed by atoms with van der Waals surface area (Å²) in [5.74, 6) is -0.591. The molecule has 0 atom stereocenters. The third-order valence-corrected chi connectivity index (χ3v) is 4.34. The fraction of sp³-hybridized carbons (Fsp3) is 0.400. The molecule has 0 radical (unpaired) electrons. The van der Waals surface area contributed by atoms with Gasteiger partial charge in [0.05, 0.1) is 10.9 Å². The number of nitrogens with two attached hydrogens (primary N) is 1. The lowest BCUT2D eigenvalue weighted by atomic mass is 10.2. The first-order valence-electron chi connectivity index (χ1n) is 5.03. The number of rotatable bonds is 4. The first-order valence-corrected chi connectivity index (χ1v) is 6.57. The lowest BCUT2D eigenvalue weighted by Crippen LogP contribution is -2.18. The molecule has 0 aromatic heterocycles. The summed E-state index contributed by atoms with van der Waals surface area (Å²) >= 11 is 0. The van der Waals surface area contributed by atoms with E-state index in [1.165, 1.54) is 12.1 Å². The second kappa shape index (κ2) is 4.03. The highest BCUT2D eigenvalue weighted by Gasteiger charge is 2.36. The van der Waals surface area contributed by atoms with Crippen molar-refractivity contribution in [3.05, 3.63) is 29.6 Å². The van der Waals surface area contributed by atoms with E-state index in [2.05, 4.69) is 4.72 Å². The summed E-state index contributed by atoms with van der Waals surface area (Å²) in [7, 11) is -3.40. The van der Waals surface area contributed by atoms with Crippen LogP contribution in [0.3, 0.4) is 0 Å². The Kier molecular flexibility index (Phi) is 2.86. The summed E-state index contributed by atoms with van der Waals surface area (Å²) in [6.07, 6.45) is 1.30. The van der Waals surface area contributed by atoms with Crippen molar-refractivity contribution >= 4 is 15.7 Å². The van der Waals surface area contributed by atoms with Gasteiger partial charge in [-0.05, 0) is 30.5 Å². The Balaban J connectivity index is 2.21. The first kappa shape index (κ1) is 11.3. The number of hydrogen-bond acceptors (Lipinski definition) is 3. The van der Waals surface area contributed by atoms with E-state index < -0.39 is 15.8 Å². The Morgan fingerprint density at radius 2 is 2.12 bits per heavy atom. The third-order valence-electron chi connectivity index (χ3n) is 2.48. The van der Waals surface area contributed by atoms with Gasteiger partial charge in [-0.15, -0.1) is 0 Å². The molecule has 0 aliphatic heterocycles. The van der Waals surface area contributed by atoms with Gasteiger partial charge in [-0.2, -0.15) is 0 Å². The molecule has 88 valence electrons. The molecule has 0 heterocycles. The minimum absolute atomic E-state index is 0.0101. The smallest absolute Gasteiger partial charge is 0.235 e. The molecule has 0 saturated heterocycles. The van der Waals surface area contributed by atoms with Crippen LogP contribution in [0, 0.1) is 5.82 Å². The molecule has 1 fully saturated rings. The lowest BCUT2D eigenvalue weighted by molar-refractivity contribution is 0.597. The van der Waals surface area contributed by atoms with E-state index in [0.717, 1.165) is 0 Å². The molecule has 2 rings (SSSR count). The Morgan fingerprint density at radius 1 is 1.44 bits per heavy atom. The normalized spacial score (nSPS) is 16.1. The molecule has 0 unspecified atom stereocenters. The fourth-order valence-electron chi connectivity index (χ4n) is 1.38. The van der Waals surface area contributed by atoms with Crippen molar-refractivity contribution in [3.63, 3.8) is 0 Å². The molecule has 1 aliphatic rings. The van der Waals surface area contributed by atoms with Crippen LogP contribution < -0.4 is 10.5 Å². The second-order valence-electron chi connectivity index (χ2n) is 3.86. The molecular formula is C10H13FN2O2S. The van der Waals surface area contributed by atoms with E-state index in [1.807, 2.05) is 0 Å². The van der Waals surface area contributed by atoms with Crippen molar-refractivity contribution < 1.29 is 12.8 Å². The van der Waals surface area contributed by atoms with Gasteiger partial charge in [0, 0.05) is 6.54 Å². The molecule has 1 saturated carbocycles. The maximum atomic E-state index is 13.5. The molecule has 0 spiro atoms. The van der Waals surface area contributed by atoms with Crippen molar-refractivity contribution in [3.8, 4) is 0 Å². The minimum atomic E-state index is -3.40. The standard InChI is InChI=1S/C10H13FN2O2S/c11-9-5-7(6-12)1-4-10(9)13-16(14,15)8-2-3-8/h1,4-5,8,13H,2-3,6,12H2. The molecule has 6 heteroatoms. The van der Waals surface area contributed by atoms with Crippen LogP contribution >= 0.6 is 0 Å². The molecule has 1 aromatic carbocycles. The second-order valence-corrected chi connectivity index (χ2v) is 5.83. The first-order chi connectivity index (χ1) is 7.53.